The molecular formula is C18H19NO3. The van der Waals surface area contributed by atoms with Crippen molar-refractivity contribution in [2.75, 3.05) is 13.2 Å². The lowest BCUT2D eigenvalue weighted by atomic mass is 10.00. The van der Waals surface area contributed by atoms with Crippen molar-refractivity contribution in [3.63, 3.8) is 0 Å². The van der Waals surface area contributed by atoms with E-state index in [1.807, 2.05) is 49.4 Å². The van der Waals surface area contributed by atoms with E-state index >= 15 is 0 Å². The first-order valence-corrected chi connectivity index (χ1v) is 7.54. The van der Waals surface area contributed by atoms with Crippen molar-refractivity contribution in [1.29, 1.82) is 0 Å². The van der Waals surface area contributed by atoms with Crippen LogP contribution in [0.4, 0.5) is 0 Å². The van der Waals surface area contributed by atoms with Gasteiger partial charge in [0.2, 0.25) is 0 Å². The number of para-hydroxylation sites is 2. The Morgan fingerprint density at radius 2 is 2.00 bits per heavy atom. The number of amides is 1. The maximum atomic E-state index is 12.6. The van der Waals surface area contributed by atoms with Gasteiger partial charge in [-0.1, -0.05) is 30.3 Å². The minimum Gasteiger partial charge on any atom is -0.493 e. The van der Waals surface area contributed by atoms with E-state index in [9.17, 15) is 4.79 Å². The van der Waals surface area contributed by atoms with Crippen molar-refractivity contribution in [1.82, 2.24) is 5.32 Å². The van der Waals surface area contributed by atoms with Crippen LogP contribution in [0.25, 0.3) is 0 Å². The summed E-state index contributed by atoms with van der Waals surface area (Å²) in [5, 5.41) is 3.09. The third-order valence-electron chi connectivity index (χ3n) is 3.70. The molecule has 1 heterocycles. The smallest absolute Gasteiger partial charge is 0.255 e. The Morgan fingerprint density at radius 1 is 1.23 bits per heavy atom. The maximum Gasteiger partial charge on any atom is 0.255 e. The summed E-state index contributed by atoms with van der Waals surface area (Å²) in [7, 11) is 0. The van der Waals surface area contributed by atoms with Crippen LogP contribution in [-0.4, -0.2) is 19.1 Å². The summed E-state index contributed by atoms with van der Waals surface area (Å²) in [5.74, 6) is 1.34. The van der Waals surface area contributed by atoms with E-state index < -0.39 is 0 Å². The zero-order chi connectivity index (χ0) is 15.4. The zero-order valence-electron chi connectivity index (χ0n) is 12.5. The molecule has 0 spiro atoms. The molecule has 1 atom stereocenters. The Bertz CT molecular complexity index is 669. The Hall–Kier alpha value is -2.49. The van der Waals surface area contributed by atoms with Crippen molar-refractivity contribution in [3.8, 4) is 11.5 Å². The van der Waals surface area contributed by atoms with Gasteiger partial charge in [-0.15, -0.1) is 0 Å². The number of ether oxygens (including phenoxy) is 2. The summed E-state index contributed by atoms with van der Waals surface area (Å²) in [6.45, 7) is 3.04. The van der Waals surface area contributed by atoms with Crippen LogP contribution in [0.3, 0.4) is 0 Å². The highest BCUT2D eigenvalue weighted by molar-refractivity contribution is 5.97. The molecule has 0 bridgehead atoms. The minimum absolute atomic E-state index is 0.0351. The van der Waals surface area contributed by atoms with Crippen LogP contribution in [0.15, 0.2) is 48.5 Å². The van der Waals surface area contributed by atoms with E-state index in [1.165, 1.54) is 0 Å². The molecule has 0 unspecified atom stereocenters. The number of nitrogens with one attached hydrogen (secondary N) is 1. The molecule has 1 amide bonds. The third-order valence-corrected chi connectivity index (χ3v) is 3.70. The number of hydrogen-bond acceptors (Lipinski definition) is 3. The summed E-state index contributed by atoms with van der Waals surface area (Å²) < 4.78 is 11.2. The first-order chi connectivity index (χ1) is 10.8. The van der Waals surface area contributed by atoms with Gasteiger partial charge in [-0.05, 0) is 25.1 Å². The molecule has 1 aliphatic rings. The fraction of sp³-hybridized carbons (Fsp3) is 0.278. The van der Waals surface area contributed by atoms with Gasteiger partial charge in [0, 0.05) is 12.0 Å². The van der Waals surface area contributed by atoms with Crippen molar-refractivity contribution in [2.45, 2.75) is 19.4 Å². The van der Waals surface area contributed by atoms with E-state index in [1.54, 1.807) is 6.07 Å². The molecule has 4 heteroatoms. The second-order valence-corrected chi connectivity index (χ2v) is 5.13. The Balaban J connectivity index is 1.81. The molecule has 0 saturated carbocycles. The number of fused-ring (bicyclic) bond motifs is 1. The molecule has 4 nitrogen and oxygen atoms in total. The van der Waals surface area contributed by atoms with E-state index in [4.69, 9.17) is 9.47 Å². The van der Waals surface area contributed by atoms with Gasteiger partial charge in [-0.25, -0.2) is 0 Å². The SMILES string of the molecule is CCOc1ccccc1C(=O)N[C@@H]1CCOc2ccccc21. The number of carbonyl (C=O) groups is 1. The molecule has 0 fully saturated rings. The molecular weight excluding hydrogens is 278 g/mol. The molecule has 114 valence electrons. The monoisotopic (exact) mass is 297 g/mol. The van der Waals surface area contributed by atoms with Crippen molar-refractivity contribution in [3.05, 3.63) is 59.7 Å². The first-order valence-electron chi connectivity index (χ1n) is 7.54. The standard InChI is InChI=1S/C18H19NO3/c1-2-21-17-10-6-4-8-14(17)18(20)19-15-11-12-22-16-9-5-3-7-13(15)16/h3-10,15H,2,11-12H2,1H3,(H,19,20)/t15-/m1/s1. The van der Waals surface area contributed by atoms with Gasteiger partial charge in [0.1, 0.15) is 11.5 Å². The lowest BCUT2D eigenvalue weighted by Crippen LogP contribution is -2.32. The minimum atomic E-state index is -0.120. The van der Waals surface area contributed by atoms with Crippen LogP contribution < -0.4 is 14.8 Å². The molecule has 0 saturated heterocycles. The fourth-order valence-electron chi connectivity index (χ4n) is 2.66. The number of carbonyl (C=O) groups excluding carboxylic acids is 1. The number of benzene rings is 2. The summed E-state index contributed by atoms with van der Waals surface area (Å²) in [6.07, 6.45) is 0.763. The number of rotatable bonds is 4. The van der Waals surface area contributed by atoms with Crippen LogP contribution in [0.5, 0.6) is 11.5 Å². The largest absolute Gasteiger partial charge is 0.493 e. The lowest BCUT2D eigenvalue weighted by Gasteiger charge is -2.26. The summed E-state index contributed by atoms with van der Waals surface area (Å²) in [4.78, 5) is 12.6. The van der Waals surface area contributed by atoms with Gasteiger partial charge < -0.3 is 14.8 Å². The van der Waals surface area contributed by atoms with Crippen LogP contribution in [0.2, 0.25) is 0 Å². The van der Waals surface area contributed by atoms with Crippen LogP contribution in [-0.2, 0) is 0 Å². The van der Waals surface area contributed by atoms with Crippen molar-refractivity contribution >= 4 is 5.91 Å². The van der Waals surface area contributed by atoms with E-state index in [0.29, 0.717) is 24.5 Å². The highest BCUT2D eigenvalue weighted by atomic mass is 16.5. The first kappa shape index (κ1) is 14.4. The molecule has 0 aromatic heterocycles. The molecule has 2 aromatic carbocycles. The van der Waals surface area contributed by atoms with Gasteiger partial charge in [-0.3, -0.25) is 4.79 Å². The molecule has 22 heavy (non-hydrogen) atoms. The summed E-state index contributed by atoms with van der Waals surface area (Å²) in [6, 6.07) is 15.1. The normalized spacial score (nSPS) is 16.3. The maximum absolute atomic E-state index is 12.6. The molecule has 2 aromatic rings. The van der Waals surface area contributed by atoms with Gasteiger partial charge in [0.25, 0.3) is 5.91 Å². The molecule has 1 N–H and O–H groups in total. The quantitative estimate of drug-likeness (QED) is 0.941. The Morgan fingerprint density at radius 3 is 2.86 bits per heavy atom. The van der Waals surface area contributed by atoms with Gasteiger partial charge in [0.05, 0.1) is 24.8 Å². The van der Waals surface area contributed by atoms with Crippen molar-refractivity contribution in [2.24, 2.45) is 0 Å². The molecule has 0 radical (unpaired) electrons. The predicted octanol–water partition coefficient (Wildman–Crippen LogP) is 3.34. The van der Waals surface area contributed by atoms with Gasteiger partial charge in [0.15, 0.2) is 0 Å². The Kier molecular flexibility index (Phi) is 4.28. The Labute approximate surface area is 130 Å². The molecule has 0 aliphatic carbocycles. The topological polar surface area (TPSA) is 47.6 Å². The van der Waals surface area contributed by atoms with Crippen molar-refractivity contribution < 1.29 is 14.3 Å². The van der Waals surface area contributed by atoms with Crippen LogP contribution >= 0.6 is 0 Å². The fourth-order valence-corrected chi connectivity index (χ4v) is 2.66. The highest BCUT2D eigenvalue weighted by Gasteiger charge is 2.24. The van der Waals surface area contributed by atoms with Gasteiger partial charge >= 0.3 is 0 Å². The van der Waals surface area contributed by atoms with E-state index in [-0.39, 0.29) is 11.9 Å². The third kappa shape index (κ3) is 2.91. The second kappa shape index (κ2) is 6.52. The highest BCUT2D eigenvalue weighted by Crippen LogP contribution is 2.32. The summed E-state index contributed by atoms with van der Waals surface area (Å²) in [5.41, 5.74) is 1.59. The average molecular weight is 297 g/mol. The lowest BCUT2D eigenvalue weighted by molar-refractivity contribution is 0.0921. The average Bonchev–Trinajstić information content (AvgIpc) is 2.56. The molecule has 3 rings (SSSR count). The van der Waals surface area contributed by atoms with Crippen LogP contribution in [0.1, 0.15) is 35.3 Å². The summed E-state index contributed by atoms with van der Waals surface area (Å²) >= 11 is 0. The number of hydrogen-bond donors (Lipinski definition) is 1. The molecule has 1 aliphatic heterocycles. The zero-order valence-corrected chi connectivity index (χ0v) is 12.5. The van der Waals surface area contributed by atoms with Crippen LogP contribution in [0, 0.1) is 0 Å². The second-order valence-electron chi connectivity index (χ2n) is 5.13. The van der Waals surface area contributed by atoms with E-state index in [0.717, 1.165) is 17.7 Å². The van der Waals surface area contributed by atoms with Gasteiger partial charge in [-0.2, -0.15) is 0 Å². The van der Waals surface area contributed by atoms with E-state index in [2.05, 4.69) is 5.32 Å². The predicted molar refractivity (Wildman–Crippen MR) is 84.4 cm³/mol.